The second-order valence-corrected chi connectivity index (χ2v) is 5.57. The number of hydrogen-bond donors (Lipinski definition) is 1. The predicted molar refractivity (Wildman–Crippen MR) is 92.3 cm³/mol. The van der Waals surface area contributed by atoms with Crippen LogP contribution in [0, 0.1) is 0 Å². The number of nitrogens with one attached hydrogen (secondary N) is 1. The minimum Gasteiger partial charge on any atom is -0.345 e. The van der Waals surface area contributed by atoms with Crippen molar-refractivity contribution in [3.05, 3.63) is 66.0 Å². The fraction of sp³-hybridized carbons (Fsp3) is 0.263. The molecule has 4 heteroatoms. The van der Waals surface area contributed by atoms with Crippen LogP contribution in [-0.2, 0) is 13.1 Å². The van der Waals surface area contributed by atoms with Crippen LogP contribution in [0.1, 0.15) is 35.9 Å². The molecule has 0 spiro atoms. The lowest BCUT2D eigenvalue weighted by molar-refractivity contribution is 0.0949. The van der Waals surface area contributed by atoms with Crippen LogP contribution in [0.15, 0.2) is 54.6 Å². The molecule has 4 nitrogen and oxygen atoms in total. The van der Waals surface area contributed by atoms with E-state index in [2.05, 4.69) is 27.9 Å². The van der Waals surface area contributed by atoms with E-state index in [1.54, 1.807) is 0 Å². The first-order valence-corrected chi connectivity index (χ1v) is 8.07. The summed E-state index contributed by atoms with van der Waals surface area (Å²) in [5.74, 6) is 0.837. The van der Waals surface area contributed by atoms with Crippen molar-refractivity contribution >= 4 is 16.9 Å². The van der Waals surface area contributed by atoms with E-state index in [-0.39, 0.29) is 5.91 Å². The summed E-state index contributed by atoms with van der Waals surface area (Å²) in [4.78, 5) is 16.9. The van der Waals surface area contributed by atoms with Gasteiger partial charge in [0.2, 0.25) is 0 Å². The predicted octanol–water partition coefficient (Wildman–Crippen LogP) is 3.77. The quantitative estimate of drug-likeness (QED) is 0.753. The number of rotatable bonds is 6. The lowest BCUT2D eigenvalue weighted by atomic mass is 10.2. The third-order valence-corrected chi connectivity index (χ3v) is 3.91. The number of fused-ring (bicyclic) bond motifs is 1. The molecule has 0 atom stereocenters. The van der Waals surface area contributed by atoms with Crippen molar-refractivity contribution in [2.24, 2.45) is 0 Å². The monoisotopic (exact) mass is 307 g/mol. The van der Waals surface area contributed by atoms with Crippen LogP contribution < -0.4 is 5.32 Å². The molecule has 3 rings (SSSR count). The zero-order valence-corrected chi connectivity index (χ0v) is 13.3. The van der Waals surface area contributed by atoms with Gasteiger partial charge < -0.3 is 9.88 Å². The molecule has 118 valence electrons. The molecule has 0 aliphatic carbocycles. The number of amides is 1. The van der Waals surface area contributed by atoms with E-state index in [1.807, 2.05) is 48.5 Å². The van der Waals surface area contributed by atoms with Gasteiger partial charge in [-0.15, -0.1) is 0 Å². The summed E-state index contributed by atoms with van der Waals surface area (Å²) in [6.07, 6.45) is 2.22. The van der Waals surface area contributed by atoms with Crippen molar-refractivity contribution in [3.63, 3.8) is 0 Å². The van der Waals surface area contributed by atoms with Gasteiger partial charge in [-0.2, -0.15) is 0 Å². The number of carbonyl (C=O) groups is 1. The van der Waals surface area contributed by atoms with Crippen LogP contribution >= 0.6 is 0 Å². The Bertz CT molecular complexity index is 793. The molecule has 23 heavy (non-hydrogen) atoms. The van der Waals surface area contributed by atoms with Gasteiger partial charge in [0.25, 0.3) is 5.91 Å². The van der Waals surface area contributed by atoms with E-state index in [4.69, 9.17) is 0 Å². The van der Waals surface area contributed by atoms with Crippen molar-refractivity contribution in [2.75, 3.05) is 0 Å². The number of unbranched alkanes of at least 4 members (excludes halogenated alkanes) is 1. The molecule has 0 radical (unpaired) electrons. The Balaban J connectivity index is 1.80. The largest absolute Gasteiger partial charge is 0.345 e. The Morgan fingerprint density at radius 3 is 2.61 bits per heavy atom. The molecular weight excluding hydrogens is 286 g/mol. The highest BCUT2D eigenvalue weighted by atomic mass is 16.1. The van der Waals surface area contributed by atoms with Gasteiger partial charge in [-0.1, -0.05) is 43.7 Å². The summed E-state index contributed by atoms with van der Waals surface area (Å²) in [6, 6.07) is 17.4. The fourth-order valence-corrected chi connectivity index (χ4v) is 2.68. The Labute approximate surface area is 136 Å². The van der Waals surface area contributed by atoms with E-state index >= 15 is 0 Å². The topological polar surface area (TPSA) is 46.9 Å². The second-order valence-electron chi connectivity index (χ2n) is 5.57. The van der Waals surface area contributed by atoms with E-state index in [0.29, 0.717) is 12.1 Å². The molecule has 1 amide bonds. The number of hydrogen-bond acceptors (Lipinski definition) is 2. The van der Waals surface area contributed by atoms with Crippen molar-refractivity contribution in [3.8, 4) is 0 Å². The van der Waals surface area contributed by atoms with Crippen LogP contribution in [0.25, 0.3) is 11.0 Å². The summed E-state index contributed by atoms with van der Waals surface area (Å²) >= 11 is 0. The summed E-state index contributed by atoms with van der Waals surface area (Å²) in [7, 11) is 0. The molecule has 0 bridgehead atoms. The van der Waals surface area contributed by atoms with Crippen molar-refractivity contribution in [1.29, 1.82) is 0 Å². The van der Waals surface area contributed by atoms with Gasteiger partial charge >= 0.3 is 0 Å². The molecule has 1 N–H and O–H groups in total. The number of imidazole rings is 1. The summed E-state index contributed by atoms with van der Waals surface area (Å²) in [6.45, 7) is 3.54. The van der Waals surface area contributed by atoms with Crippen molar-refractivity contribution in [2.45, 2.75) is 32.9 Å². The molecule has 2 aromatic carbocycles. The maximum absolute atomic E-state index is 12.2. The van der Waals surface area contributed by atoms with Crippen LogP contribution in [0.2, 0.25) is 0 Å². The molecule has 0 aliphatic rings. The number of nitrogens with zero attached hydrogens (tertiary/aromatic N) is 2. The third kappa shape index (κ3) is 3.42. The standard InChI is InChI=1S/C19H21N3O/c1-2-3-13-22-17-12-8-7-11-16(17)21-18(22)14-20-19(23)15-9-5-4-6-10-15/h4-12H,2-3,13-14H2,1H3,(H,20,23). The molecule has 0 saturated heterocycles. The SMILES string of the molecule is CCCCn1c(CNC(=O)c2ccccc2)nc2ccccc21. The van der Waals surface area contributed by atoms with Crippen LogP contribution in [0.3, 0.4) is 0 Å². The maximum atomic E-state index is 12.2. The average Bonchev–Trinajstić information content (AvgIpc) is 2.96. The van der Waals surface area contributed by atoms with E-state index in [0.717, 1.165) is 36.2 Å². The number of benzene rings is 2. The summed E-state index contributed by atoms with van der Waals surface area (Å²) < 4.78 is 2.21. The van der Waals surface area contributed by atoms with E-state index in [9.17, 15) is 4.79 Å². The minimum absolute atomic E-state index is 0.0697. The molecule has 0 fully saturated rings. The highest BCUT2D eigenvalue weighted by Crippen LogP contribution is 2.17. The minimum atomic E-state index is -0.0697. The highest BCUT2D eigenvalue weighted by Gasteiger charge is 2.11. The third-order valence-electron chi connectivity index (χ3n) is 3.91. The molecular formula is C19H21N3O. The zero-order chi connectivity index (χ0) is 16.1. The van der Waals surface area contributed by atoms with Gasteiger partial charge in [0.15, 0.2) is 0 Å². The number of carbonyl (C=O) groups excluding carboxylic acids is 1. The second kappa shape index (κ2) is 7.09. The van der Waals surface area contributed by atoms with Gasteiger partial charge in [-0.3, -0.25) is 4.79 Å². The molecule has 0 aliphatic heterocycles. The van der Waals surface area contributed by atoms with E-state index in [1.165, 1.54) is 0 Å². The van der Waals surface area contributed by atoms with Crippen LogP contribution in [-0.4, -0.2) is 15.5 Å². The van der Waals surface area contributed by atoms with Gasteiger partial charge in [0.05, 0.1) is 17.6 Å². The molecule has 0 unspecified atom stereocenters. The van der Waals surface area contributed by atoms with Gasteiger partial charge in [-0.25, -0.2) is 4.98 Å². The Morgan fingerprint density at radius 1 is 1.09 bits per heavy atom. The van der Waals surface area contributed by atoms with Crippen LogP contribution in [0.5, 0.6) is 0 Å². The highest BCUT2D eigenvalue weighted by molar-refractivity contribution is 5.94. The average molecular weight is 307 g/mol. The van der Waals surface area contributed by atoms with Gasteiger partial charge in [0, 0.05) is 12.1 Å². The number of aryl methyl sites for hydroxylation is 1. The maximum Gasteiger partial charge on any atom is 0.251 e. The fourth-order valence-electron chi connectivity index (χ4n) is 2.68. The van der Waals surface area contributed by atoms with Gasteiger partial charge in [0.1, 0.15) is 5.82 Å². The lowest BCUT2D eigenvalue weighted by Gasteiger charge is -2.09. The Kier molecular flexibility index (Phi) is 4.71. The first-order chi connectivity index (χ1) is 11.3. The summed E-state index contributed by atoms with van der Waals surface area (Å²) in [5, 5.41) is 2.97. The van der Waals surface area contributed by atoms with Crippen molar-refractivity contribution in [1.82, 2.24) is 14.9 Å². The summed E-state index contributed by atoms with van der Waals surface area (Å²) in [5.41, 5.74) is 2.78. The first-order valence-electron chi connectivity index (χ1n) is 8.07. The lowest BCUT2D eigenvalue weighted by Crippen LogP contribution is -2.24. The Morgan fingerprint density at radius 2 is 1.83 bits per heavy atom. The molecule has 3 aromatic rings. The normalized spacial score (nSPS) is 10.8. The smallest absolute Gasteiger partial charge is 0.251 e. The first kappa shape index (κ1) is 15.3. The number of aromatic nitrogens is 2. The van der Waals surface area contributed by atoms with E-state index < -0.39 is 0 Å². The van der Waals surface area contributed by atoms with Crippen LogP contribution in [0.4, 0.5) is 0 Å². The Hall–Kier alpha value is -2.62. The number of para-hydroxylation sites is 2. The van der Waals surface area contributed by atoms with Crippen molar-refractivity contribution < 1.29 is 4.79 Å². The molecule has 1 aromatic heterocycles. The molecule has 1 heterocycles. The zero-order valence-electron chi connectivity index (χ0n) is 13.3. The van der Waals surface area contributed by atoms with Gasteiger partial charge in [-0.05, 0) is 30.7 Å². The molecule has 0 saturated carbocycles.